The smallest absolute Gasteiger partial charge is 0.257 e. The third kappa shape index (κ3) is 4.15. The summed E-state index contributed by atoms with van der Waals surface area (Å²) in [5.74, 6) is 0.532. The van der Waals surface area contributed by atoms with E-state index in [1.165, 1.54) is 0 Å². The Labute approximate surface area is 175 Å². The molecule has 0 radical (unpaired) electrons. The summed E-state index contributed by atoms with van der Waals surface area (Å²) >= 11 is 0. The van der Waals surface area contributed by atoms with Gasteiger partial charge in [-0.3, -0.25) is 9.78 Å². The van der Waals surface area contributed by atoms with Crippen LogP contribution in [0, 0.1) is 6.92 Å². The molecule has 3 heterocycles. The number of nitrogens with zero attached hydrogens (tertiary/aromatic N) is 4. The number of amides is 1. The number of nitrogens with one attached hydrogen (secondary N) is 2. The van der Waals surface area contributed by atoms with Crippen molar-refractivity contribution in [2.75, 3.05) is 10.6 Å². The lowest BCUT2D eigenvalue weighted by molar-refractivity contribution is 0.102. The Morgan fingerprint density at radius 3 is 2.83 bits per heavy atom. The summed E-state index contributed by atoms with van der Waals surface area (Å²) in [7, 11) is 0. The maximum atomic E-state index is 12.5. The Kier molecular flexibility index (Phi) is 5.43. The van der Waals surface area contributed by atoms with Crippen LogP contribution in [0.2, 0.25) is 0 Å². The van der Waals surface area contributed by atoms with Crippen LogP contribution in [0.5, 0.6) is 0 Å². The van der Waals surface area contributed by atoms with Crippen molar-refractivity contribution in [3.05, 3.63) is 77.9 Å². The van der Waals surface area contributed by atoms with E-state index in [-0.39, 0.29) is 11.9 Å². The van der Waals surface area contributed by atoms with Crippen LogP contribution in [-0.2, 0) is 6.54 Å². The highest BCUT2D eigenvalue weighted by Crippen LogP contribution is 2.22. The van der Waals surface area contributed by atoms with Gasteiger partial charge in [-0.05, 0) is 56.2 Å². The molecule has 2 N–H and O–H groups in total. The molecule has 1 atom stereocenters. The highest BCUT2D eigenvalue weighted by molar-refractivity contribution is 6.04. The lowest BCUT2D eigenvalue weighted by Gasteiger charge is -2.16. The number of pyridine rings is 1. The highest BCUT2D eigenvalue weighted by Gasteiger charge is 2.11. The first-order valence-corrected chi connectivity index (χ1v) is 9.95. The summed E-state index contributed by atoms with van der Waals surface area (Å²) in [4.78, 5) is 25.8. The number of carbonyl (C=O) groups excluding carboxylic acids is 1. The van der Waals surface area contributed by atoms with E-state index in [1.807, 2.05) is 49.5 Å². The molecule has 0 unspecified atom stereocenters. The topological polar surface area (TPSA) is 84.7 Å². The second-order valence-corrected chi connectivity index (χ2v) is 7.26. The van der Waals surface area contributed by atoms with Crippen LogP contribution in [0.25, 0.3) is 11.2 Å². The van der Waals surface area contributed by atoms with Gasteiger partial charge in [-0.1, -0.05) is 12.1 Å². The summed E-state index contributed by atoms with van der Waals surface area (Å²) in [5.41, 5.74) is 4.99. The molecular formula is C23H24N6O. The number of aromatic nitrogens is 4. The maximum Gasteiger partial charge on any atom is 0.257 e. The quantitative estimate of drug-likeness (QED) is 0.495. The molecule has 152 valence electrons. The Bertz CT molecular complexity index is 1200. The molecule has 30 heavy (non-hydrogen) atoms. The molecule has 0 aliphatic rings. The molecule has 1 aromatic carbocycles. The monoisotopic (exact) mass is 400 g/mol. The van der Waals surface area contributed by atoms with Gasteiger partial charge in [0.05, 0.1) is 17.8 Å². The number of aryl methyl sites for hydroxylation is 2. The SMILES string of the molecule is CCn1ccc2ncc(N[C@@H](C)c3cccc(NC(=O)c4cncc(C)c4)c3)nc21. The van der Waals surface area contributed by atoms with E-state index in [0.29, 0.717) is 11.4 Å². The highest BCUT2D eigenvalue weighted by atomic mass is 16.1. The second-order valence-electron chi connectivity index (χ2n) is 7.26. The van der Waals surface area contributed by atoms with Gasteiger partial charge >= 0.3 is 0 Å². The zero-order valence-corrected chi connectivity index (χ0v) is 17.3. The maximum absolute atomic E-state index is 12.5. The van der Waals surface area contributed by atoms with Gasteiger partial charge in [-0.25, -0.2) is 9.97 Å². The first-order valence-electron chi connectivity index (χ1n) is 9.95. The summed E-state index contributed by atoms with van der Waals surface area (Å²) in [5, 5.41) is 6.34. The molecule has 0 saturated heterocycles. The number of hydrogen-bond acceptors (Lipinski definition) is 5. The number of anilines is 2. The molecule has 7 heteroatoms. The van der Waals surface area contributed by atoms with Crippen molar-refractivity contribution in [1.82, 2.24) is 19.5 Å². The number of hydrogen-bond donors (Lipinski definition) is 2. The predicted octanol–water partition coefficient (Wildman–Crippen LogP) is 4.58. The van der Waals surface area contributed by atoms with Crippen molar-refractivity contribution in [3.63, 3.8) is 0 Å². The van der Waals surface area contributed by atoms with E-state index in [1.54, 1.807) is 18.6 Å². The molecule has 0 saturated carbocycles. The van der Waals surface area contributed by atoms with Gasteiger partial charge < -0.3 is 15.2 Å². The van der Waals surface area contributed by atoms with E-state index in [0.717, 1.165) is 34.5 Å². The fraction of sp³-hybridized carbons (Fsp3) is 0.217. The number of fused-ring (bicyclic) bond motifs is 1. The van der Waals surface area contributed by atoms with Crippen LogP contribution in [0.1, 0.15) is 41.4 Å². The minimum Gasteiger partial charge on any atom is -0.362 e. The zero-order valence-electron chi connectivity index (χ0n) is 17.3. The van der Waals surface area contributed by atoms with Gasteiger partial charge in [0.2, 0.25) is 0 Å². The van der Waals surface area contributed by atoms with E-state index >= 15 is 0 Å². The van der Waals surface area contributed by atoms with Gasteiger partial charge in [-0.15, -0.1) is 0 Å². The molecular weight excluding hydrogens is 376 g/mol. The van der Waals surface area contributed by atoms with Crippen LogP contribution in [0.15, 0.2) is 61.2 Å². The van der Waals surface area contributed by atoms with Crippen molar-refractivity contribution >= 4 is 28.6 Å². The third-order valence-electron chi connectivity index (χ3n) is 4.95. The third-order valence-corrected chi connectivity index (χ3v) is 4.95. The van der Waals surface area contributed by atoms with E-state index < -0.39 is 0 Å². The predicted molar refractivity (Wildman–Crippen MR) is 119 cm³/mol. The van der Waals surface area contributed by atoms with Crippen LogP contribution >= 0.6 is 0 Å². The molecule has 0 aliphatic heterocycles. The zero-order chi connectivity index (χ0) is 21.1. The molecule has 3 aromatic heterocycles. The average molecular weight is 400 g/mol. The van der Waals surface area contributed by atoms with Crippen molar-refractivity contribution in [2.24, 2.45) is 0 Å². The van der Waals surface area contributed by atoms with Crippen molar-refractivity contribution < 1.29 is 4.79 Å². The second kappa shape index (κ2) is 8.32. The van der Waals surface area contributed by atoms with E-state index in [2.05, 4.69) is 39.0 Å². The molecule has 0 spiro atoms. The van der Waals surface area contributed by atoms with Crippen molar-refractivity contribution in [2.45, 2.75) is 33.4 Å². The van der Waals surface area contributed by atoms with Crippen LogP contribution < -0.4 is 10.6 Å². The van der Waals surface area contributed by atoms with E-state index in [9.17, 15) is 4.79 Å². The summed E-state index contributed by atoms with van der Waals surface area (Å²) < 4.78 is 2.06. The van der Waals surface area contributed by atoms with Crippen LogP contribution in [0.3, 0.4) is 0 Å². The summed E-state index contributed by atoms with van der Waals surface area (Å²) in [6.45, 7) is 6.89. The van der Waals surface area contributed by atoms with Gasteiger partial charge in [0.25, 0.3) is 5.91 Å². The Morgan fingerprint density at radius 1 is 1.17 bits per heavy atom. The lowest BCUT2D eigenvalue weighted by Crippen LogP contribution is -2.13. The first kappa shape index (κ1) is 19.6. The first-order chi connectivity index (χ1) is 14.5. The molecule has 0 aliphatic carbocycles. The largest absolute Gasteiger partial charge is 0.362 e. The van der Waals surface area contributed by atoms with Crippen LogP contribution in [-0.4, -0.2) is 25.4 Å². The number of carbonyl (C=O) groups is 1. The number of benzene rings is 1. The lowest BCUT2D eigenvalue weighted by atomic mass is 10.1. The van der Waals surface area contributed by atoms with Gasteiger partial charge in [0.15, 0.2) is 5.65 Å². The van der Waals surface area contributed by atoms with Crippen LogP contribution in [0.4, 0.5) is 11.5 Å². The Balaban J connectivity index is 1.49. The number of rotatable bonds is 6. The van der Waals surface area contributed by atoms with Gasteiger partial charge in [0.1, 0.15) is 11.3 Å². The van der Waals surface area contributed by atoms with Crippen molar-refractivity contribution in [3.8, 4) is 0 Å². The molecule has 1 amide bonds. The fourth-order valence-corrected chi connectivity index (χ4v) is 3.35. The fourth-order valence-electron chi connectivity index (χ4n) is 3.35. The summed E-state index contributed by atoms with van der Waals surface area (Å²) in [6.07, 6.45) is 7.03. The standard InChI is InChI=1S/C23H24N6O/c1-4-29-9-8-20-22(29)28-21(14-25-20)26-16(3)17-6-5-7-19(11-17)27-23(30)18-10-15(2)12-24-13-18/h5-14,16H,4H2,1-3H3,(H,26,28)(H,27,30)/t16-/m0/s1. The van der Waals surface area contributed by atoms with E-state index in [4.69, 9.17) is 4.98 Å². The molecule has 0 bridgehead atoms. The molecule has 4 rings (SSSR count). The normalized spacial score (nSPS) is 12.0. The average Bonchev–Trinajstić information content (AvgIpc) is 3.16. The van der Waals surface area contributed by atoms with Gasteiger partial charge in [0, 0.05) is 30.8 Å². The summed E-state index contributed by atoms with van der Waals surface area (Å²) in [6, 6.07) is 11.5. The molecule has 7 nitrogen and oxygen atoms in total. The molecule has 4 aromatic rings. The van der Waals surface area contributed by atoms with Gasteiger partial charge in [-0.2, -0.15) is 0 Å². The van der Waals surface area contributed by atoms with Crippen molar-refractivity contribution in [1.29, 1.82) is 0 Å². The Morgan fingerprint density at radius 2 is 2.03 bits per heavy atom. The minimum atomic E-state index is -0.180. The minimum absolute atomic E-state index is 0.0146. The Hall–Kier alpha value is -3.74. The molecule has 0 fully saturated rings.